The molecule has 3 aromatic rings. The normalized spacial score (nSPS) is 23.2. The fourth-order valence-electron chi connectivity index (χ4n) is 4.18. The lowest BCUT2D eigenvalue weighted by molar-refractivity contribution is 0.0331. The minimum absolute atomic E-state index is 0.597. The molecule has 0 radical (unpaired) electrons. The number of rotatable bonds is 4. The highest BCUT2D eigenvalue weighted by Gasteiger charge is 2.34. The van der Waals surface area contributed by atoms with Crippen LogP contribution in [0.4, 0.5) is 5.82 Å². The fraction of sp³-hybridized carbons (Fsp3) is 0.455. The number of fused-ring (bicyclic) bond motifs is 1. The van der Waals surface area contributed by atoms with Crippen LogP contribution in [-0.2, 0) is 11.3 Å². The third kappa shape index (κ3) is 3.88. The number of aromatic nitrogens is 2. The minimum Gasteiger partial charge on any atom is -0.388 e. The molecule has 7 heteroatoms. The number of benzene rings is 1. The zero-order valence-electron chi connectivity index (χ0n) is 16.7. The van der Waals surface area contributed by atoms with Crippen molar-refractivity contribution in [2.24, 2.45) is 0 Å². The Morgan fingerprint density at radius 1 is 1.14 bits per heavy atom. The molecule has 2 aliphatic rings. The average molecular weight is 411 g/mol. The molecule has 1 atom stereocenters. The van der Waals surface area contributed by atoms with Crippen LogP contribution in [0.1, 0.15) is 19.2 Å². The van der Waals surface area contributed by atoms with Crippen LogP contribution in [-0.4, -0.2) is 65.0 Å². The molecule has 1 N–H and O–H groups in total. The highest BCUT2D eigenvalue weighted by atomic mass is 32.1. The van der Waals surface area contributed by atoms with Gasteiger partial charge in [0.1, 0.15) is 16.5 Å². The summed E-state index contributed by atoms with van der Waals surface area (Å²) in [7, 11) is 0. The van der Waals surface area contributed by atoms with Crippen molar-refractivity contribution in [1.29, 1.82) is 0 Å². The van der Waals surface area contributed by atoms with Gasteiger partial charge in [-0.25, -0.2) is 9.97 Å². The molecule has 4 heterocycles. The quantitative estimate of drug-likeness (QED) is 0.713. The van der Waals surface area contributed by atoms with Gasteiger partial charge in [0.25, 0.3) is 0 Å². The highest BCUT2D eigenvalue weighted by Crippen LogP contribution is 2.40. The average Bonchev–Trinajstić information content (AvgIpc) is 3.32. The summed E-state index contributed by atoms with van der Waals surface area (Å²) >= 11 is 1.67. The molecule has 0 saturated carbocycles. The number of nitrogens with zero attached hydrogens (tertiary/aromatic N) is 4. The number of hydrogen-bond donors (Lipinski definition) is 1. The van der Waals surface area contributed by atoms with Crippen molar-refractivity contribution < 1.29 is 9.84 Å². The fourth-order valence-corrected chi connectivity index (χ4v) is 5.14. The van der Waals surface area contributed by atoms with Crippen molar-refractivity contribution in [1.82, 2.24) is 14.9 Å². The largest absolute Gasteiger partial charge is 0.388 e. The zero-order chi connectivity index (χ0) is 19.8. The second kappa shape index (κ2) is 7.65. The van der Waals surface area contributed by atoms with Crippen molar-refractivity contribution in [3.63, 3.8) is 0 Å². The molecule has 2 aliphatic heterocycles. The van der Waals surface area contributed by atoms with Crippen molar-refractivity contribution in [2.45, 2.75) is 25.5 Å². The summed E-state index contributed by atoms with van der Waals surface area (Å²) in [5.41, 5.74) is 1.67. The topological polar surface area (TPSA) is 61.7 Å². The van der Waals surface area contributed by atoms with E-state index in [4.69, 9.17) is 14.7 Å². The number of anilines is 1. The molecular formula is C22H26N4O2S. The molecule has 0 bridgehead atoms. The van der Waals surface area contributed by atoms with E-state index in [-0.39, 0.29) is 0 Å². The first-order valence-electron chi connectivity index (χ1n) is 10.2. The van der Waals surface area contributed by atoms with Gasteiger partial charge in [0.15, 0.2) is 0 Å². The van der Waals surface area contributed by atoms with Gasteiger partial charge in [0, 0.05) is 37.1 Å². The third-order valence-electron chi connectivity index (χ3n) is 5.77. The minimum atomic E-state index is -0.676. The Labute approximate surface area is 174 Å². The number of aliphatic hydroxyl groups is 1. The standard InChI is InChI=1S/C22H26N4O2S/c1-22(27)7-8-26(15-22)20-19-17(16-5-3-2-4-6-16)14-29-21(19)24-18(23-20)13-25-9-11-28-12-10-25/h2-6,14,27H,7-13,15H2,1H3. The van der Waals surface area contributed by atoms with E-state index in [0.717, 1.165) is 67.7 Å². The van der Waals surface area contributed by atoms with Crippen molar-refractivity contribution >= 4 is 27.4 Å². The van der Waals surface area contributed by atoms with Crippen LogP contribution in [0.3, 0.4) is 0 Å². The number of hydrogen-bond acceptors (Lipinski definition) is 7. The van der Waals surface area contributed by atoms with Gasteiger partial charge in [-0.05, 0) is 18.9 Å². The van der Waals surface area contributed by atoms with E-state index in [0.29, 0.717) is 6.54 Å². The Morgan fingerprint density at radius 2 is 1.93 bits per heavy atom. The first-order valence-corrected chi connectivity index (χ1v) is 11.1. The molecule has 0 aliphatic carbocycles. The molecule has 5 rings (SSSR count). The Balaban J connectivity index is 1.59. The lowest BCUT2D eigenvalue weighted by Gasteiger charge is -2.26. The summed E-state index contributed by atoms with van der Waals surface area (Å²) in [6.45, 7) is 7.40. The molecule has 0 amide bonds. The van der Waals surface area contributed by atoms with Crippen LogP contribution in [0.25, 0.3) is 21.3 Å². The summed E-state index contributed by atoms with van der Waals surface area (Å²) in [6.07, 6.45) is 0.752. The summed E-state index contributed by atoms with van der Waals surface area (Å²) in [5.74, 6) is 1.80. The van der Waals surface area contributed by atoms with Crippen molar-refractivity contribution in [3.8, 4) is 11.1 Å². The van der Waals surface area contributed by atoms with Crippen molar-refractivity contribution in [3.05, 3.63) is 41.5 Å². The summed E-state index contributed by atoms with van der Waals surface area (Å²) in [5, 5.41) is 13.8. The molecule has 2 fully saturated rings. The summed E-state index contributed by atoms with van der Waals surface area (Å²) in [6, 6.07) is 10.4. The number of thiophene rings is 1. The molecule has 29 heavy (non-hydrogen) atoms. The molecule has 2 saturated heterocycles. The predicted molar refractivity (Wildman–Crippen MR) is 116 cm³/mol. The maximum absolute atomic E-state index is 10.6. The van der Waals surface area contributed by atoms with Gasteiger partial charge in [-0.3, -0.25) is 4.90 Å². The molecule has 1 unspecified atom stereocenters. The first kappa shape index (κ1) is 18.9. The van der Waals surface area contributed by atoms with Crippen molar-refractivity contribution in [2.75, 3.05) is 44.3 Å². The second-order valence-electron chi connectivity index (χ2n) is 8.22. The van der Waals surface area contributed by atoms with Gasteiger partial charge in [-0.15, -0.1) is 11.3 Å². The highest BCUT2D eigenvalue weighted by molar-refractivity contribution is 7.17. The SMILES string of the molecule is CC1(O)CCN(c2nc(CN3CCOCC3)nc3scc(-c4ccccc4)c23)C1. The Hall–Kier alpha value is -2.06. The van der Waals surface area contributed by atoms with E-state index in [1.54, 1.807) is 11.3 Å². The number of β-amino-alcohol motifs (C(OH)–C–C–N with tert-alkyl or cyclic N) is 1. The lowest BCUT2D eigenvalue weighted by atomic mass is 10.1. The van der Waals surface area contributed by atoms with Crippen LogP contribution in [0, 0.1) is 0 Å². The third-order valence-corrected chi connectivity index (χ3v) is 6.64. The van der Waals surface area contributed by atoms with Gasteiger partial charge in [0.05, 0.1) is 30.7 Å². The number of morpholine rings is 1. The van der Waals surface area contributed by atoms with Crippen LogP contribution in [0.15, 0.2) is 35.7 Å². The molecule has 152 valence electrons. The Bertz CT molecular complexity index is 999. The molecule has 1 aromatic carbocycles. The van der Waals surface area contributed by atoms with Gasteiger partial charge >= 0.3 is 0 Å². The van der Waals surface area contributed by atoms with E-state index < -0.39 is 5.60 Å². The van der Waals surface area contributed by atoms with Gasteiger partial charge in [-0.2, -0.15) is 0 Å². The predicted octanol–water partition coefficient (Wildman–Crippen LogP) is 3.15. The second-order valence-corrected chi connectivity index (χ2v) is 9.07. The van der Waals surface area contributed by atoms with Crippen LogP contribution in [0.5, 0.6) is 0 Å². The molecule has 2 aromatic heterocycles. The first-order chi connectivity index (χ1) is 14.1. The van der Waals surface area contributed by atoms with E-state index in [1.807, 2.05) is 13.0 Å². The summed E-state index contributed by atoms with van der Waals surface area (Å²) in [4.78, 5) is 15.5. The number of ether oxygens (including phenoxy) is 1. The lowest BCUT2D eigenvalue weighted by Crippen LogP contribution is -2.36. The Kier molecular flexibility index (Phi) is 4.99. The smallest absolute Gasteiger partial charge is 0.146 e. The van der Waals surface area contributed by atoms with E-state index in [2.05, 4.69) is 39.4 Å². The van der Waals surface area contributed by atoms with Crippen LogP contribution < -0.4 is 4.90 Å². The van der Waals surface area contributed by atoms with E-state index in [1.165, 1.54) is 11.1 Å². The molecule has 0 spiro atoms. The van der Waals surface area contributed by atoms with Gasteiger partial charge in [0.2, 0.25) is 0 Å². The molecular weight excluding hydrogens is 384 g/mol. The van der Waals surface area contributed by atoms with Crippen LogP contribution in [0.2, 0.25) is 0 Å². The summed E-state index contributed by atoms with van der Waals surface area (Å²) < 4.78 is 5.47. The monoisotopic (exact) mass is 410 g/mol. The van der Waals surface area contributed by atoms with E-state index >= 15 is 0 Å². The van der Waals surface area contributed by atoms with Gasteiger partial charge in [-0.1, -0.05) is 30.3 Å². The van der Waals surface area contributed by atoms with Gasteiger partial charge < -0.3 is 14.7 Å². The maximum atomic E-state index is 10.6. The maximum Gasteiger partial charge on any atom is 0.146 e. The molecule has 6 nitrogen and oxygen atoms in total. The Morgan fingerprint density at radius 3 is 2.66 bits per heavy atom. The van der Waals surface area contributed by atoms with E-state index in [9.17, 15) is 5.11 Å². The van der Waals surface area contributed by atoms with Crippen LogP contribution >= 0.6 is 11.3 Å². The zero-order valence-corrected chi connectivity index (χ0v) is 17.5.